The number of pyridine rings is 1. The molecule has 0 aliphatic rings. The maximum Gasteiger partial charge on any atom is 0.263 e. The van der Waals surface area contributed by atoms with Gasteiger partial charge in [-0.25, -0.2) is 4.98 Å². The third kappa shape index (κ3) is 5.51. The number of carbonyl (C=O) groups excluding carboxylic acids is 1. The lowest BCUT2D eigenvalue weighted by atomic mass is 9.92. The van der Waals surface area contributed by atoms with E-state index in [0.717, 1.165) is 11.3 Å². The summed E-state index contributed by atoms with van der Waals surface area (Å²) in [6.07, 6.45) is 5.59. The van der Waals surface area contributed by atoms with Crippen molar-refractivity contribution >= 4 is 17.8 Å². The van der Waals surface area contributed by atoms with Gasteiger partial charge in [0.05, 0.1) is 12.8 Å². The predicted octanol–water partition coefficient (Wildman–Crippen LogP) is 4.62. The molecule has 1 N–H and O–H groups in total. The van der Waals surface area contributed by atoms with Gasteiger partial charge in [-0.05, 0) is 36.8 Å². The van der Waals surface area contributed by atoms with Gasteiger partial charge in [0.2, 0.25) is 0 Å². The first-order chi connectivity index (χ1) is 14.8. The van der Waals surface area contributed by atoms with Crippen LogP contribution in [0.5, 0.6) is 11.5 Å². The molecule has 2 heterocycles. The van der Waals surface area contributed by atoms with E-state index >= 15 is 0 Å². The molecular formula is C24H28N4O3. The van der Waals surface area contributed by atoms with E-state index in [4.69, 9.17) is 9.47 Å². The summed E-state index contributed by atoms with van der Waals surface area (Å²) in [4.78, 5) is 17.0. The predicted molar refractivity (Wildman–Crippen MR) is 122 cm³/mol. The molecule has 2 aromatic heterocycles. The quantitative estimate of drug-likeness (QED) is 0.603. The number of aromatic nitrogens is 3. The first kappa shape index (κ1) is 22.1. The maximum absolute atomic E-state index is 12.6. The molecule has 0 aliphatic carbocycles. The summed E-state index contributed by atoms with van der Waals surface area (Å²) in [5.74, 6) is 1.91. The van der Waals surface area contributed by atoms with Crippen molar-refractivity contribution in [1.29, 1.82) is 0 Å². The van der Waals surface area contributed by atoms with Crippen LogP contribution >= 0.6 is 0 Å². The van der Waals surface area contributed by atoms with Gasteiger partial charge in [-0.15, -0.1) is 0 Å². The number of methoxy groups -OCH3 is 1. The molecule has 162 valence electrons. The zero-order chi connectivity index (χ0) is 22.4. The Morgan fingerprint density at radius 2 is 1.97 bits per heavy atom. The Bertz CT molecular complexity index is 1070. The number of hydrogen-bond donors (Lipinski definition) is 1. The Morgan fingerprint density at radius 1 is 1.16 bits per heavy atom. The van der Waals surface area contributed by atoms with Crippen molar-refractivity contribution in [2.45, 2.75) is 33.1 Å². The molecule has 0 saturated heterocycles. The Kier molecular flexibility index (Phi) is 6.74. The molecule has 0 atom stereocenters. The minimum absolute atomic E-state index is 0.169. The Balaban J connectivity index is 1.77. The fourth-order valence-corrected chi connectivity index (χ4v) is 2.91. The van der Waals surface area contributed by atoms with Crippen molar-refractivity contribution in [3.05, 3.63) is 66.0 Å². The lowest BCUT2D eigenvalue weighted by molar-refractivity contribution is -0.118. The lowest BCUT2D eigenvalue weighted by Gasteiger charge is -2.13. The van der Waals surface area contributed by atoms with Gasteiger partial charge in [0.25, 0.3) is 5.91 Å². The van der Waals surface area contributed by atoms with Gasteiger partial charge >= 0.3 is 0 Å². The highest BCUT2D eigenvalue weighted by atomic mass is 16.5. The number of ether oxygens (including phenoxy) is 2. The van der Waals surface area contributed by atoms with Crippen LogP contribution in [0.1, 0.15) is 39.0 Å². The third-order valence-electron chi connectivity index (χ3n) is 4.52. The standard InChI is InChI=1S/C24H28N4O3/c1-6-9-17-11-12-18(19(14-17)30-5)31-16-23(29)26-22-15-20(24(2,3)4)27-28(22)21-10-7-8-13-25-21/h6-15H,16H2,1-5H3,(H,26,29)/b9-6+. The number of benzene rings is 1. The molecule has 1 amide bonds. The molecule has 0 unspecified atom stereocenters. The second kappa shape index (κ2) is 9.47. The van der Waals surface area contributed by atoms with Crippen molar-refractivity contribution in [2.75, 3.05) is 19.0 Å². The molecule has 0 bridgehead atoms. The number of nitrogens with one attached hydrogen (secondary N) is 1. The number of allylic oxidation sites excluding steroid dienone is 1. The minimum Gasteiger partial charge on any atom is -0.493 e. The number of nitrogens with zero attached hydrogens (tertiary/aromatic N) is 3. The van der Waals surface area contributed by atoms with Gasteiger partial charge in [0.1, 0.15) is 5.82 Å². The third-order valence-corrected chi connectivity index (χ3v) is 4.52. The molecule has 0 saturated carbocycles. The van der Waals surface area contributed by atoms with E-state index in [1.54, 1.807) is 24.1 Å². The fraction of sp³-hybridized carbons (Fsp3) is 0.292. The van der Waals surface area contributed by atoms with E-state index in [9.17, 15) is 4.79 Å². The van der Waals surface area contributed by atoms with Crippen LogP contribution in [-0.2, 0) is 10.2 Å². The van der Waals surface area contributed by atoms with Crippen LogP contribution in [0.4, 0.5) is 5.82 Å². The summed E-state index contributed by atoms with van der Waals surface area (Å²) in [6, 6.07) is 13.0. The van der Waals surface area contributed by atoms with Gasteiger partial charge < -0.3 is 14.8 Å². The van der Waals surface area contributed by atoms with E-state index in [2.05, 4.69) is 36.2 Å². The van der Waals surface area contributed by atoms with Crippen LogP contribution in [0.25, 0.3) is 11.9 Å². The zero-order valence-electron chi connectivity index (χ0n) is 18.5. The molecule has 7 nitrogen and oxygen atoms in total. The molecule has 1 aromatic carbocycles. The average Bonchev–Trinajstić information content (AvgIpc) is 3.18. The minimum atomic E-state index is -0.308. The van der Waals surface area contributed by atoms with Crippen molar-refractivity contribution in [3.63, 3.8) is 0 Å². The number of rotatable bonds is 7. The van der Waals surface area contributed by atoms with Gasteiger partial charge in [0, 0.05) is 17.7 Å². The highest BCUT2D eigenvalue weighted by molar-refractivity contribution is 5.91. The average molecular weight is 421 g/mol. The molecular weight excluding hydrogens is 392 g/mol. The highest BCUT2D eigenvalue weighted by Crippen LogP contribution is 2.29. The number of anilines is 1. The molecule has 31 heavy (non-hydrogen) atoms. The molecule has 0 radical (unpaired) electrons. The second-order valence-corrected chi connectivity index (χ2v) is 8.01. The summed E-state index contributed by atoms with van der Waals surface area (Å²) < 4.78 is 12.7. The van der Waals surface area contributed by atoms with E-state index in [1.165, 1.54) is 0 Å². The smallest absolute Gasteiger partial charge is 0.263 e. The molecule has 3 aromatic rings. The molecule has 3 rings (SSSR count). The van der Waals surface area contributed by atoms with Gasteiger partial charge in [-0.3, -0.25) is 4.79 Å². The van der Waals surface area contributed by atoms with Crippen LogP contribution in [0.2, 0.25) is 0 Å². The SMILES string of the molecule is C/C=C/c1ccc(OCC(=O)Nc2cc(C(C)(C)C)nn2-c2ccccn2)c(OC)c1. The zero-order valence-corrected chi connectivity index (χ0v) is 18.5. The number of carbonyl (C=O) groups is 1. The van der Waals surface area contributed by atoms with Crippen LogP contribution in [0.15, 0.2) is 54.7 Å². The monoisotopic (exact) mass is 420 g/mol. The Hall–Kier alpha value is -3.61. The van der Waals surface area contributed by atoms with E-state index in [0.29, 0.717) is 23.1 Å². The largest absolute Gasteiger partial charge is 0.493 e. The van der Waals surface area contributed by atoms with Crippen LogP contribution in [0, 0.1) is 0 Å². The van der Waals surface area contributed by atoms with E-state index in [-0.39, 0.29) is 17.9 Å². The van der Waals surface area contributed by atoms with Crippen molar-refractivity contribution in [3.8, 4) is 17.3 Å². The van der Waals surface area contributed by atoms with Crippen molar-refractivity contribution in [2.24, 2.45) is 0 Å². The maximum atomic E-state index is 12.6. The summed E-state index contributed by atoms with van der Waals surface area (Å²) in [6.45, 7) is 7.98. The van der Waals surface area contributed by atoms with E-state index < -0.39 is 0 Å². The summed E-state index contributed by atoms with van der Waals surface area (Å²) in [5, 5.41) is 7.54. The first-order valence-electron chi connectivity index (χ1n) is 10.1. The molecule has 0 spiro atoms. The number of amides is 1. The van der Waals surface area contributed by atoms with Crippen LogP contribution in [0.3, 0.4) is 0 Å². The van der Waals surface area contributed by atoms with Gasteiger partial charge in [0.15, 0.2) is 23.9 Å². The van der Waals surface area contributed by atoms with Crippen LogP contribution < -0.4 is 14.8 Å². The lowest BCUT2D eigenvalue weighted by Crippen LogP contribution is -2.22. The topological polar surface area (TPSA) is 78.3 Å². The van der Waals surface area contributed by atoms with Crippen molar-refractivity contribution < 1.29 is 14.3 Å². The normalized spacial score (nSPS) is 11.5. The van der Waals surface area contributed by atoms with Crippen molar-refractivity contribution in [1.82, 2.24) is 14.8 Å². The number of hydrogen-bond acceptors (Lipinski definition) is 5. The second-order valence-electron chi connectivity index (χ2n) is 8.01. The molecule has 0 aliphatic heterocycles. The van der Waals surface area contributed by atoms with E-state index in [1.807, 2.05) is 55.5 Å². The summed E-state index contributed by atoms with van der Waals surface area (Å²) >= 11 is 0. The Labute approximate surface area is 182 Å². The molecule has 7 heteroatoms. The summed E-state index contributed by atoms with van der Waals surface area (Å²) in [5.41, 5.74) is 1.65. The fourth-order valence-electron chi connectivity index (χ4n) is 2.91. The van der Waals surface area contributed by atoms with Gasteiger partial charge in [-0.1, -0.05) is 45.1 Å². The first-order valence-corrected chi connectivity index (χ1v) is 10.1. The Morgan fingerprint density at radius 3 is 2.61 bits per heavy atom. The van der Waals surface area contributed by atoms with Crippen LogP contribution in [-0.4, -0.2) is 34.4 Å². The van der Waals surface area contributed by atoms with Gasteiger partial charge in [-0.2, -0.15) is 9.78 Å². The highest BCUT2D eigenvalue weighted by Gasteiger charge is 2.22. The molecule has 0 fully saturated rings. The summed E-state index contributed by atoms with van der Waals surface area (Å²) in [7, 11) is 1.57.